The number of alkyl halides is 1. The molecule has 0 heterocycles. The normalized spacial score (nSPS) is 50.5. The molecule has 4 heteroatoms. The number of aliphatic hydroxyl groups excluding tert-OH is 1. The molecule has 0 radical (unpaired) electrons. The maximum atomic E-state index is 12.2. The lowest BCUT2D eigenvalue weighted by Gasteiger charge is -2.61. The first-order chi connectivity index (χ1) is 12.3. The summed E-state index contributed by atoms with van der Waals surface area (Å²) in [7, 11) is 1.97. The first kappa shape index (κ1) is 19.1. The third kappa shape index (κ3) is 2.67. The molecule has 1 amide bonds. The Labute approximate surface area is 163 Å². The van der Waals surface area contributed by atoms with E-state index in [2.05, 4.69) is 13.8 Å². The van der Waals surface area contributed by atoms with E-state index < -0.39 is 0 Å². The number of fused-ring (bicyclic) bond motifs is 5. The van der Waals surface area contributed by atoms with Crippen LogP contribution in [0.5, 0.6) is 0 Å². The van der Waals surface area contributed by atoms with E-state index in [1.807, 2.05) is 11.9 Å². The Balaban J connectivity index is 1.57. The van der Waals surface area contributed by atoms with Crippen LogP contribution in [0.1, 0.15) is 71.6 Å². The van der Waals surface area contributed by atoms with Gasteiger partial charge in [-0.2, -0.15) is 0 Å². The molecule has 0 aliphatic heterocycles. The van der Waals surface area contributed by atoms with Crippen LogP contribution in [-0.2, 0) is 4.79 Å². The van der Waals surface area contributed by atoms with Gasteiger partial charge in [-0.05, 0) is 92.3 Å². The molecular formula is C22H36ClNO2. The lowest BCUT2D eigenvalue weighted by atomic mass is 9.45. The van der Waals surface area contributed by atoms with Crippen LogP contribution in [-0.4, -0.2) is 41.0 Å². The molecule has 0 aromatic heterocycles. The Morgan fingerprint density at radius 2 is 1.73 bits per heavy atom. The standard InChI is InChI=1S/C22H36ClNO2/c1-21-10-8-15(25)12-14(21)4-5-16-17-6-7-19(24(3)20(26)13-23)22(17,2)11-9-18(16)21/h14-19,25H,4-13H2,1-3H3/t14-,15+,16+,17+,18-,19-,21-,22-/m0/s1. The number of aliphatic hydroxyl groups is 1. The van der Waals surface area contributed by atoms with Gasteiger partial charge in [0.15, 0.2) is 0 Å². The van der Waals surface area contributed by atoms with Gasteiger partial charge in [-0.15, -0.1) is 11.6 Å². The van der Waals surface area contributed by atoms with Crippen molar-refractivity contribution in [2.24, 2.45) is 34.5 Å². The zero-order valence-electron chi connectivity index (χ0n) is 16.7. The van der Waals surface area contributed by atoms with Crippen molar-refractivity contribution >= 4 is 17.5 Å². The molecule has 3 nitrogen and oxygen atoms in total. The molecule has 1 N–H and O–H groups in total. The highest BCUT2D eigenvalue weighted by molar-refractivity contribution is 6.27. The van der Waals surface area contributed by atoms with Crippen molar-refractivity contribution in [2.45, 2.75) is 83.8 Å². The third-order valence-electron chi connectivity index (χ3n) is 9.56. The van der Waals surface area contributed by atoms with Crippen LogP contribution >= 0.6 is 11.6 Å². The maximum Gasteiger partial charge on any atom is 0.237 e. The summed E-state index contributed by atoms with van der Waals surface area (Å²) in [5, 5.41) is 10.2. The van der Waals surface area contributed by atoms with Crippen molar-refractivity contribution in [3.8, 4) is 0 Å². The van der Waals surface area contributed by atoms with Gasteiger partial charge < -0.3 is 10.0 Å². The minimum atomic E-state index is -0.0652. The van der Waals surface area contributed by atoms with E-state index in [0.29, 0.717) is 11.5 Å². The van der Waals surface area contributed by atoms with Crippen molar-refractivity contribution < 1.29 is 9.90 Å². The van der Waals surface area contributed by atoms with Crippen LogP contribution in [0.25, 0.3) is 0 Å². The molecule has 4 aliphatic rings. The van der Waals surface area contributed by atoms with Gasteiger partial charge in [0, 0.05) is 13.1 Å². The van der Waals surface area contributed by atoms with Crippen LogP contribution in [0, 0.1) is 34.5 Å². The van der Waals surface area contributed by atoms with Crippen LogP contribution in [0.4, 0.5) is 0 Å². The van der Waals surface area contributed by atoms with Gasteiger partial charge in [-0.3, -0.25) is 4.79 Å². The summed E-state index contributed by atoms with van der Waals surface area (Å²) < 4.78 is 0. The number of rotatable bonds is 2. The second kappa shape index (κ2) is 6.65. The third-order valence-corrected chi connectivity index (χ3v) is 9.79. The predicted octanol–water partition coefficient (Wildman–Crippen LogP) is 4.46. The summed E-state index contributed by atoms with van der Waals surface area (Å²) in [6.45, 7) is 5.00. The fraction of sp³-hybridized carbons (Fsp3) is 0.955. The maximum absolute atomic E-state index is 12.2. The minimum absolute atomic E-state index is 0.0652. The van der Waals surface area contributed by atoms with Gasteiger partial charge in [0.2, 0.25) is 5.91 Å². The van der Waals surface area contributed by atoms with E-state index in [1.165, 1.54) is 38.5 Å². The van der Waals surface area contributed by atoms with E-state index in [9.17, 15) is 9.90 Å². The molecule has 0 unspecified atom stereocenters. The SMILES string of the molecule is CN(C(=O)CCl)[C@H]1CC[C@@H]2[C@H]3CC[C@H]4C[C@H](O)CC[C@]4(C)[C@H]3CC[C@@]21C. The average molecular weight is 382 g/mol. The van der Waals surface area contributed by atoms with Crippen molar-refractivity contribution in [3.63, 3.8) is 0 Å². The van der Waals surface area contributed by atoms with Gasteiger partial charge in [0.25, 0.3) is 0 Å². The van der Waals surface area contributed by atoms with Crippen LogP contribution in [0.3, 0.4) is 0 Å². The highest BCUT2D eigenvalue weighted by Gasteiger charge is 2.60. The number of carbonyl (C=O) groups excluding carboxylic acids is 1. The highest BCUT2D eigenvalue weighted by Crippen LogP contribution is 2.66. The van der Waals surface area contributed by atoms with Gasteiger partial charge >= 0.3 is 0 Å². The summed E-state index contributed by atoms with van der Waals surface area (Å²) >= 11 is 5.85. The topological polar surface area (TPSA) is 40.5 Å². The van der Waals surface area contributed by atoms with E-state index in [1.54, 1.807) is 0 Å². The average Bonchev–Trinajstić information content (AvgIpc) is 2.98. The number of nitrogens with zero attached hydrogens (tertiary/aromatic N) is 1. The van der Waals surface area contributed by atoms with Crippen molar-refractivity contribution in [1.29, 1.82) is 0 Å². The molecule has 0 saturated heterocycles. The lowest BCUT2D eigenvalue weighted by Crippen LogP contribution is -2.56. The summed E-state index contributed by atoms with van der Waals surface area (Å²) in [4.78, 5) is 14.2. The van der Waals surface area contributed by atoms with E-state index in [4.69, 9.17) is 11.6 Å². The molecule has 4 rings (SSSR count). The van der Waals surface area contributed by atoms with Crippen LogP contribution in [0.15, 0.2) is 0 Å². The fourth-order valence-corrected chi connectivity index (χ4v) is 8.30. The molecule has 4 aliphatic carbocycles. The van der Waals surface area contributed by atoms with Gasteiger partial charge in [0.05, 0.1) is 6.10 Å². The lowest BCUT2D eigenvalue weighted by molar-refractivity contribution is -0.140. The Bertz CT molecular complexity index is 568. The number of hydrogen-bond donors (Lipinski definition) is 1. The van der Waals surface area contributed by atoms with Crippen molar-refractivity contribution in [2.75, 3.05) is 12.9 Å². The molecule has 0 aromatic rings. The van der Waals surface area contributed by atoms with Crippen molar-refractivity contribution in [3.05, 3.63) is 0 Å². The van der Waals surface area contributed by atoms with E-state index in [0.717, 1.165) is 42.9 Å². The largest absolute Gasteiger partial charge is 0.393 e. The molecular weight excluding hydrogens is 346 g/mol. The van der Waals surface area contributed by atoms with E-state index >= 15 is 0 Å². The van der Waals surface area contributed by atoms with Crippen LogP contribution < -0.4 is 0 Å². The van der Waals surface area contributed by atoms with Crippen molar-refractivity contribution in [1.82, 2.24) is 4.90 Å². The molecule has 26 heavy (non-hydrogen) atoms. The number of halogens is 1. The second-order valence-electron chi connectivity index (χ2n) is 10.4. The molecule has 0 aromatic carbocycles. The summed E-state index contributed by atoms with van der Waals surface area (Å²) in [6.07, 6.45) is 10.7. The van der Waals surface area contributed by atoms with Gasteiger partial charge in [0.1, 0.15) is 5.88 Å². The van der Waals surface area contributed by atoms with Crippen LogP contribution in [0.2, 0.25) is 0 Å². The number of hydrogen-bond acceptors (Lipinski definition) is 2. The molecule has 4 fully saturated rings. The first-order valence-electron chi connectivity index (χ1n) is 10.8. The molecule has 0 spiro atoms. The minimum Gasteiger partial charge on any atom is -0.393 e. The molecule has 8 atom stereocenters. The smallest absolute Gasteiger partial charge is 0.237 e. The Morgan fingerprint density at radius 1 is 1.04 bits per heavy atom. The highest BCUT2D eigenvalue weighted by atomic mass is 35.5. The number of amides is 1. The van der Waals surface area contributed by atoms with Gasteiger partial charge in [-0.1, -0.05) is 13.8 Å². The Hall–Kier alpha value is -0.280. The number of carbonyl (C=O) groups is 1. The molecule has 4 saturated carbocycles. The van der Waals surface area contributed by atoms with Gasteiger partial charge in [-0.25, -0.2) is 0 Å². The zero-order chi connectivity index (χ0) is 18.7. The Morgan fingerprint density at radius 3 is 2.46 bits per heavy atom. The summed E-state index contributed by atoms with van der Waals surface area (Å²) in [5.74, 6) is 3.28. The summed E-state index contributed by atoms with van der Waals surface area (Å²) in [5.41, 5.74) is 0.689. The second-order valence-corrected chi connectivity index (χ2v) is 10.6. The predicted molar refractivity (Wildman–Crippen MR) is 105 cm³/mol. The Kier molecular flexibility index (Phi) is 4.88. The summed E-state index contributed by atoms with van der Waals surface area (Å²) in [6, 6.07) is 0.360. The first-order valence-corrected chi connectivity index (χ1v) is 11.3. The fourth-order valence-electron chi connectivity index (χ4n) is 8.11. The molecule has 148 valence electrons. The van der Waals surface area contributed by atoms with E-state index in [-0.39, 0.29) is 23.3 Å². The molecule has 0 bridgehead atoms. The monoisotopic (exact) mass is 381 g/mol. The zero-order valence-corrected chi connectivity index (χ0v) is 17.5. The quantitative estimate of drug-likeness (QED) is 0.717.